The molecule has 0 radical (unpaired) electrons. The van der Waals surface area contributed by atoms with Gasteiger partial charge in [-0.15, -0.1) is 11.3 Å². The van der Waals surface area contributed by atoms with E-state index in [1.54, 1.807) is 11.3 Å². The average Bonchev–Trinajstić information content (AvgIpc) is 2.82. The maximum Gasteiger partial charge on any atom is 0.0931 e. The third kappa shape index (κ3) is 4.44. The van der Waals surface area contributed by atoms with Gasteiger partial charge in [-0.3, -0.25) is 0 Å². The molecule has 1 aliphatic rings. The first-order valence-corrected chi connectivity index (χ1v) is 9.21. The lowest BCUT2D eigenvalue weighted by Gasteiger charge is -2.26. The van der Waals surface area contributed by atoms with E-state index < -0.39 is 0 Å². The molecule has 0 aliphatic carbocycles. The molecule has 18 heavy (non-hydrogen) atoms. The highest BCUT2D eigenvalue weighted by Crippen LogP contribution is 2.34. The highest BCUT2D eigenvalue weighted by atomic mass is 35.5. The summed E-state index contributed by atoms with van der Waals surface area (Å²) in [6, 6.07) is 4.73. The molecule has 0 bridgehead atoms. The second kappa shape index (κ2) is 7.78. The summed E-state index contributed by atoms with van der Waals surface area (Å²) in [5.74, 6) is 3.58. The van der Waals surface area contributed by atoms with Crippen LogP contribution in [0, 0.1) is 5.92 Å². The summed E-state index contributed by atoms with van der Waals surface area (Å²) in [5, 5.41) is 3.69. The van der Waals surface area contributed by atoms with Crippen molar-refractivity contribution in [2.75, 3.05) is 18.1 Å². The number of hydrogen-bond donors (Lipinski definition) is 1. The van der Waals surface area contributed by atoms with Crippen LogP contribution in [0.25, 0.3) is 0 Å². The molecule has 0 amide bonds. The van der Waals surface area contributed by atoms with Gasteiger partial charge in [0, 0.05) is 10.9 Å². The van der Waals surface area contributed by atoms with E-state index in [0.717, 1.165) is 16.8 Å². The summed E-state index contributed by atoms with van der Waals surface area (Å²) >= 11 is 9.91. The average molecular weight is 304 g/mol. The lowest BCUT2D eigenvalue weighted by Crippen LogP contribution is -2.25. The first kappa shape index (κ1) is 14.7. The van der Waals surface area contributed by atoms with Crippen molar-refractivity contribution in [2.24, 2.45) is 5.92 Å². The fourth-order valence-corrected chi connectivity index (χ4v) is 4.80. The van der Waals surface area contributed by atoms with Gasteiger partial charge in [0.25, 0.3) is 0 Å². The number of thiophene rings is 1. The summed E-state index contributed by atoms with van der Waals surface area (Å²) in [6.45, 7) is 3.32. The summed E-state index contributed by atoms with van der Waals surface area (Å²) in [4.78, 5) is 1.41. The Hall–Kier alpha value is 0.300. The Labute approximate surface area is 124 Å². The molecule has 4 heteroatoms. The van der Waals surface area contributed by atoms with Crippen molar-refractivity contribution in [2.45, 2.75) is 38.6 Å². The van der Waals surface area contributed by atoms with Crippen LogP contribution >= 0.6 is 34.7 Å². The molecule has 1 N–H and O–H groups in total. The van der Waals surface area contributed by atoms with Crippen molar-refractivity contribution in [1.82, 2.24) is 5.32 Å². The second-order valence-corrected chi connectivity index (χ2v) is 7.91. The molecule has 0 aromatic carbocycles. The van der Waals surface area contributed by atoms with Crippen LogP contribution in [0.2, 0.25) is 4.34 Å². The van der Waals surface area contributed by atoms with E-state index in [1.807, 2.05) is 6.07 Å². The quantitative estimate of drug-likeness (QED) is 0.796. The predicted octanol–water partition coefficient (Wildman–Crippen LogP) is 4.98. The van der Waals surface area contributed by atoms with E-state index in [0.29, 0.717) is 6.04 Å². The van der Waals surface area contributed by atoms with E-state index in [1.165, 1.54) is 42.1 Å². The van der Waals surface area contributed by atoms with Gasteiger partial charge in [0.15, 0.2) is 0 Å². The van der Waals surface area contributed by atoms with Gasteiger partial charge in [0.05, 0.1) is 4.34 Å². The number of nitrogens with one attached hydrogen (secondary N) is 1. The minimum Gasteiger partial charge on any atom is -0.309 e. The zero-order chi connectivity index (χ0) is 12.8. The van der Waals surface area contributed by atoms with Gasteiger partial charge >= 0.3 is 0 Å². The molecule has 1 aromatic rings. The number of thioether (sulfide) groups is 1. The van der Waals surface area contributed by atoms with Crippen molar-refractivity contribution in [3.05, 3.63) is 21.3 Å². The SMILES string of the molecule is CCCNC(CC1CCSCC1)c1ccc(Cl)s1. The fourth-order valence-electron chi connectivity index (χ4n) is 2.45. The van der Waals surface area contributed by atoms with Crippen molar-refractivity contribution in [1.29, 1.82) is 0 Å². The zero-order valence-corrected chi connectivity index (χ0v) is 13.3. The molecule has 0 spiro atoms. The Bertz CT molecular complexity index is 347. The molecule has 0 saturated carbocycles. The maximum atomic E-state index is 6.07. The topological polar surface area (TPSA) is 12.0 Å². The van der Waals surface area contributed by atoms with Crippen LogP contribution in [-0.2, 0) is 0 Å². The Morgan fingerprint density at radius 3 is 2.78 bits per heavy atom. The minimum absolute atomic E-state index is 0.510. The Morgan fingerprint density at radius 2 is 2.17 bits per heavy atom. The Balaban J connectivity index is 1.95. The minimum atomic E-state index is 0.510. The van der Waals surface area contributed by atoms with E-state index in [9.17, 15) is 0 Å². The van der Waals surface area contributed by atoms with Crippen LogP contribution < -0.4 is 5.32 Å². The number of halogens is 1. The molecular formula is C14H22ClNS2. The third-order valence-corrected chi connectivity index (χ3v) is 5.88. The van der Waals surface area contributed by atoms with Crippen LogP contribution in [0.1, 0.15) is 43.5 Å². The van der Waals surface area contributed by atoms with Gasteiger partial charge < -0.3 is 5.32 Å². The molecule has 1 aliphatic heterocycles. The van der Waals surface area contributed by atoms with Crippen molar-refractivity contribution in [3.63, 3.8) is 0 Å². The van der Waals surface area contributed by atoms with Gasteiger partial charge in [-0.2, -0.15) is 11.8 Å². The molecule has 1 fully saturated rings. The normalized spacial score (nSPS) is 19.0. The molecule has 1 nitrogen and oxygen atoms in total. The van der Waals surface area contributed by atoms with E-state index >= 15 is 0 Å². The van der Waals surface area contributed by atoms with Crippen LogP contribution in [0.3, 0.4) is 0 Å². The van der Waals surface area contributed by atoms with Crippen LogP contribution in [0.5, 0.6) is 0 Å². The summed E-state index contributed by atoms with van der Waals surface area (Å²) < 4.78 is 0.910. The molecule has 1 atom stereocenters. The Kier molecular flexibility index (Phi) is 6.36. The molecule has 1 unspecified atom stereocenters. The van der Waals surface area contributed by atoms with Crippen molar-refractivity contribution < 1.29 is 0 Å². The standard InChI is InChI=1S/C14H22ClNS2/c1-2-7-16-12(13-3-4-14(15)18-13)10-11-5-8-17-9-6-11/h3-4,11-12,16H,2,5-10H2,1H3. The van der Waals surface area contributed by atoms with E-state index in [-0.39, 0.29) is 0 Å². The third-order valence-electron chi connectivity index (χ3n) is 3.49. The van der Waals surface area contributed by atoms with Gasteiger partial charge in [-0.1, -0.05) is 18.5 Å². The molecule has 1 saturated heterocycles. The van der Waals surface area contributed by atoms with E-state index in [2.05, 4.69) is 30.1 Å². The second-order valence-electron chi connectivity index (χ2n) is 4.94. The number of rotatable bonds is 6. The monoisotopic (exact) mass is 303 g/mol. The molecule has 2 rings (SSSR count). The van der Waals surface area contributed by atoms with Gasteiger partial charge in [-0.05, 0) is 61.8 Å². The molecule has 1 aromatic heterocycles. The Morgan fingerprint density at radius 1 is 1.39 bits per heavy atom. The highest BCUT2D eigenvalue weighted by molar-refractivity contribution is 7.99. The van der Waals surface area contributed by atoms with Crippen molar-refractivity contribution >= 4 is 34.7 Å². The molecular weight excluding hydrogens is 282 g/mol. The maximum absolute atomic E-state index is 6.07. The first-order chi connectivity index (χ1) is 8.79. The van der Waals surface area contributed by atoms with Gasteiger partial charge in [0.2, 0.25) is 0 Å². The predicted molar refractivity (Wildman–Crippen MR) is 85.0 cm³/mol. The first-order valence-electron chi connectivity index (χ1n) is 6.86. The van der Waals surface area contributed by atoms with E-state index in [4.69, 9.17) is 11.6 Å². The lowest BCUT2D eigenvalue weighted by atomic mass is 9.93. The summed E-state index contributed by atoms with van der Waals surface area (Å²) in [6.07, 6.45) is 5.23. The zero-order valence-electron chi connectivity index (χ0n) is 11.0. The fraction of sp³-hybridized carbons (Fsp3) is 0.714. The summed E-state index contributed by atoms with van der Waals surface area (Å²) in [5.41, 5.74) is 0. The largest absolute Gasteiger partial charge is 0.309 e. The highest BCUT2D eigenvalue weighted by Gasteiger charge is 2.21. The molecule has 2 heterocycles. The van der Waals surface area contributed by atoms with Crippen molar-refractivity contribution in [3.8, 4) is 0 Å². The van der Waals surface area contributed by atoms with Crippen LogP contribution in [-0.4, -0.2) is 18.1 Å². The van der Waals surface area contributed by atoms with Crippen LogP contribution in [0.4, 0.5) is 0 Å². The number of hydrogen-bond acceptors (Lipinski definition) is 3. The van der Waals surface area contributed by atoms with Gasteiger partial charge in [-0.25, -0.2) is 0 Å². The smallest absolute Gasteiger partial charge is 0.0931 e. The lowest BCUT2D eigenvalue weighted by molar-refractivity contribution is 0.373. The molecule has 102 valence electrons. The summed E-state index contributed by atoms with van der Waals surface area (Å²) in [7, 11) is 0. The van der Waals surface area contributed by atoms with Gasteiger partial charge in [0.1, 0.15) is 0 Å². The van der Waals surface area contributed by atoms with Crippen LogP contribution in [0.15, 0.2) is 12.1 Å².